The highest BCUT2D eigenvalue weighted by Gasteiger charge is 2.33. The summed E-state index contributed by atoms with van der Waals surface area (Å²) in [4.78, 5) is 0. The van der Waals surface area contributed by atoms with Crippen LogP contribution >= 0.6 is 113 Å². The highest BCUT2D eigenvalue weighted by molar-refractivity contribution is 14.1. The highest BCUT2D eigenvalue weighted by Crippen LogP contribution is 2.44. The zero-order valence-corrected chi connectivity index (χ0v) is 22.4. The van der Waals surface area contributed by atoms with Crippen molar-refractivity contribution in [2.75, 3.05) is 0 Å². The van der Waals surface area contributed by atoms with Gasteiger partial charge in [-0.2, -0.15) is 0 Å². The molecule has 0 spiro atoms. The van der Waals surface area contributed by atoms with Crippen molar-refractivity contribution in [2.45, 2.75) is 46.5 Å². The average Bonchev–Trinajstić information content (AvgIpc) is 2.20. The van der Waals surface area contributed by atoms with E-state index in [2.05, 4.69) is 148 Å². The molecule has 0 atom stereocenters. The molecule has 108 valence electrons. The Morgan fingerprint density at radius 2 is 0.947 bits per heavy atom. The molecule has 5 heteroatoms. The lowest BCUT2D eigenvalue weighted by Gasteiger charge is -2.35. The number of hydrogen-bond acceptors (Lipinski definition) is 0. The van der Waals surface area contributed by atoms with Gasteiger partial charge in [0.1, 0.15) is 0 Å². The minimum absolute atomic E-state index is 0.204. The Balaban J connectivity index is 3.51. The first-order chi connectivity index (χ1) is 8.38. The fourth-order valence-corrected chi connectivity index (χ4v) is 8.83. The second kappa shape index (κ2) is 7.18. The molecule has 0 fully saturated rings. The van der Waals surface area contributed by atoms with Crippen molar-refractivity contribution in [3.8, 4) is 0 Å². The molecule has 0 radical (unpaired) electrons. The van der Waals surface area contributed by atoms with Gasteiger partial charge >= 0.3 is 0 Å². The van der Waals surface area contributed by atoms with E-state index in [-0.39, 0.29) is 5.41 Å². The standard InChI is InChI=1S/C14H17I5/c1-13(2,3)6-14(4,5)7-8(15)10(17)12(19)11(18)9(7)16/h6H2,1-5H3. The molecule has 0 bridgehead atoms. The quantitative estimate of drug-likeness (QED) is 0.166. The van der Waals surface area contributed by atoms with Gasteiger partial charge in [-0.05, 0) is 136 Å². The molecule has 0 unspecified atom stereocenters. The molecule has 0 aliphatic rings. The van der Waals surface area contributed by atoms with E-state index in [0.29, 0.717) is 5.41 Å². The molecule has 1 rings (SSSR count). The molecule has 0 aromatic heterocycles. The van der Waals surface area contributed by atoms with Crippen molar-refractivity contribution < 1.29 is 0 Å². The van der Waals surface area contributed by atoms with Gasteiger partial charge in [-0.1, -0.05) is 34.6 Å². The van der Waals surface area contributed by atoms with Crippen LogP contribution in [-0.4, -0.2) is 0 Å². The molecule has 0 aliphatic heterocycles. The Labute approximate surface area is 185 Å². The largest absolute Gasteiger partial charge is 0.0601 e. The van der Waals surface area contributed by atoms with E-state index in [0.717, 1.165) is 0 Å². The summed E-state index contributed by atoms with van der Waals surface area (Å²) in [5.74, 6) is 0. The third kappa shape index (κ3) is 4.92. The lowest BCUT2D eigenvalue weighted by Crippen LogP contribution is -2.28. The van der Waals surface area contributed by atoms with Crippen LogP contribution in [-0.2, 0) is 5.41 Å². The van der Waals surface area contributed by atoms with Gasteiger partial charge in [-0.25, -0.2) is 0 Å². The van der Waals surface area contributed by atoms with Gasteiger partial charge in [0.15, 0.2) is 0 Å². The summed E-state index contributed by atoms with van der Waals surface area (Å²) in [7, 11) is 0. The molecule has 0 heterocycles. The molecular formula is C14H17I5. The third-order valence-electron chi connectivity index (χ3n) is 2.86. The lowest BCUT2D eigenvalue weighted by atomic mass is 9.72. The first-order valence-electron chi connectivity index (χ1n) is 5.90. The fraction of sp³-hybridized carbons (Fsp3) is 0.571. The van der Waals surface area contributed by atoms with Gasteiger partial charge < -0.3 is 0 Å². The van der Waals surface area contributed by atoms with Crippen molar-refractivity contribution in [3.05, 3.63) is 23.4 Å². The molecule has 19 heavy (non-hydrogen) atoms. The topological polar surface area (TPSA) is 0 Å². The zero-order valence-electron chi connectivity index (χ0n) is 11.6. The summed E-state index contributed by atoms with van der Waals surface area (Å²) in [6, 6.07) is 0. The number of halogens is 5. The van der Waals surface area contributed by atoms with E-state index in [4.69, 9.17) is 0 Å². The Bertz CT molecular complexity index is 469. The van der Waals surface area contributed by atoms with Crippen molar-refractivity contribution in [1.29, 1.82) is 0 Å². The van der Waals surface area contributed by atoms with Gasteiger partial charge in [-0.3, -0.25) is 0 Å². The highest BCUT2D eigenvalue weighted by atomic mass is 127. The predicted molar refractivity (Wildman–Crippen MR) is 127 cm³/mol. The van der Waals surface area contributed by atoms with E-state index < -0.39 is 0 Å². The Morgan fingerprint density at radius 3 is 1.26 bits per heavy atom. The normalized spacial score (nSPS) is 12.9. The summed E-state index contributed by atoms with van der Waals surface area (Å²) >= 11 is 12.5. The average molecular weight is 820 g/mol. The van der Waals surface area contributed by atoms with Gasteiger partial charge in [0.05, 0.1) is 0 Å². The van der Waals surface area contributed by atoms with Crippen molar-refractivity contribution in [3.63, 3.8) is 0 Å². The first kappa shape index (κ1) is 19.9. The third-order valence-corrected chi connectivity index (χ3v) is 12.4. The van der Waals surface area contributed by atoms with Crippen LogP contribution in [0.4, 0.5) is 0 Å². The van der Waals surface area contributed by atoms with Gasteiger partial charge in [0.2, 0.25) is 0 Å². The molecule has 1 aromatic rings. The second-order valence-corrected chi connectivity index (χ2v) is 12.0. The van der Waals surface area contributed by atoms with E-state index in [1.165, 1.54) is 29.8 Å². The molecule has 0 saturated carbocycles. The second-order valence-electron chi connectivity index (χ2n) is 6.57. The summed E-state index contributed by atoms with van der Waals surface area (Å²) in [6.07, 6.45) is 1.19. The Hall–Kier alpha value is 2.87. The van der Waals surface area contributed by atoms with E-state index in [1.807, 2.05) is 0 Å². The molecular weight excluding hydrogens is 803 g/mol. The molecule has 0 nitrogen and oxygen atoms in total. The minimum atomic E-state index is 0.204. The predicted octanol–water partition coefficient (Wildman–Crippen LogP) is 7.42. The van der Waals surface area contributed by atoms with Crippen molar-refractivity contribution >= 4 is 113 Å². The van der Waals surface area contributed by atoms with E-state index >= 15 is 0 Å². The summed E-state index contributed by atoms with van der Waals surface area (Å²) in [5.41, 5.74) is 2.07. The van der Waals surface area contributed by atoms with Crippen LogP contribution in [0.15, 0.2) is 0 Å². The molecule has 0 N–H and O–H groups in total. The van der Waals surface area contributed by atoms with Crippen molar-refractivity contribution in [2.24, 2.45) is 5.41 Å². The fourth-order valence-electron chi connectivity index (χ4n) is 2.61. The van der Waals surface area contributed by atoms with Crippen LogP contribution < -0.4 is 0 Å². The van der Waals surface area contributed by atoms with Gasteiger partial charge in [0.25, 0.3) is 0 Å². The SMILES string of the molecule is CC(C)(C)CC(C)(C)c1c(I)c(I)c(I)c(I)c1I. The molecule has 0 aliphatic carbocycles. The Kier molecular flexibility index (Phi) is 7.53. The van der Waals surface area contributed by atoms with Crippen LogP contribution in [0.2, 0.25) is 0 Å². The zero-order chi connectivity index (χ0) is 15.2. The van der Waals surface area contributed by atoms with Crippen LogP contribution in [0.5, 0.6) is 0 Å². The van der Waals surface area contributed by atoms with E-state index in [1.54, 1.807) is 0 Å². The number of hydrogen-bond donors (Lipinski definition) is 0. The lowest BCUT2D eigenvalue weighted by molar-refractivity contribution is 0.282. The van der Waals surface area contributed by atoms with Crippen LogP contribution in [0.25, 0.3) is 0 Å². The number of benzene rings is 1. The van der Waals surface area contributed by atoms with Crippen LogP contribution in [0.1, 0.15) is 46.6 Å². The smallest absolute Gasteiger partial charge is 0.0419 e. The maximum absolute atomic E-state index is 2.53. The summed E-state index contributed by atoms with van der Waals surface area (Å²) in [5, 5.41) is 0. The first-order valence-corrected chi connectivity index (χ1v) is 11.3. The summed E-state index contributed by atoms with van der Waals surface area (Å²) in [6.45, 7) is 11.8. The van der Waals surface area contributed by atoms with Crippen LogP contribution in [0.3, 0.4) is 0 Å². The molecule has 1 aromatic carbocycles. The maximum atomic E-state index is 2.53. The summed E-state index contributed by atoms with van der Waals surface area (Å²) < 4.78 is 7.06. The Morgan fingerprint density at radius 1 is 0.632 bits per heavy atom. The molecule has 0 saturated heterocycles. The van der Waals surface area contributed by atoms with Gasteiger partial charge in [-0.15, -0.1) is 0 Å². The van der Waals surface area contributed by atoms with E-state index in [9.17, 15) is 0 Å². The molecule has 0 amide bonds. The minimum Gasteiger partial charge on any atom is -0.0601 e. The maximum Gasteiger partial charge on any atom is 0.0419 e. The monoisotopic (exact) mass is 820 g/mol. The van der Waals surface area contributed by atoms with Crippen LogP contribution in [0, 0.1) is 23.3 Å². The van der Waals surface area contributed by atoms with Crippen molar-refractivity contribution in [1.82, 2.24) is 0 Å². The number of rotatable bonds is 2. The van der Waals surface area contributed by atoms with Gasteiger partial charge in [0, 0.05) is 17.9 Å².